The maximum absolute atomic E-state index is 5.92. The monoisotopic (exact) mass is 341 g/mol. The van der Waals surface area contributed by atoms with Crippen LogP contribution in [0.2, 0.25) is 0 Å². The Balaban J connectivity index is 2.06. The second-order valence-electron chi connectivity index (χ2n) is 5.23. The average Bonchev–Trinajstić information content (AvgIpc) is 2.79. The normalized spacial score (nSPS) is 11.8. The molecule has 19 heavy (non-hydrogen) atoms. The van der Waals surface area contributed by atoms with Gasteiger partial charge in [0.25, 0.3) is 0 Å². The minimum atomic E-state index is -0.0960. The summed E-state index contributed by atoms with van der Waals surface area (Å²) in [6.07, 6.45) is 0. The summed E-state index contributed by atoms with van der Waals surface area (Å²) in [6.45, 7) is 6.17. The predicted octanol–water partition coefficient (Wildman–Crippen LogP) is 4.00. The summed E-state index contributed by atoms with van der Waals surface area (Å²) in [5.41, 5.74) is 6.58. The summed E-state index contributed by atoms with van der Waals surface area (Å²) < 4.78 is 6.25. The molecule has 0 unspecified atom stereocenters. The van der Waals surface area contributed by atoms with E-state index in [0.717, 1.165) is 20.9 Å². The van der Waals surface area contributed by atoms with E-state index in [1.165, 1.54) is 0 Å². The van der Waals surface area contributed by atoms with Gasteiger partial charge in [-0.2, -0.15) is 4.98 Å². The van der Waals surface area contributed by atoms with Crippen LogP contribution in [0.3, 0.4) is 0 Å². The summed E-state index contributed by atoms with van der Waals surface area (Å²) in [5, 5.41) is 4.00. The number of nitrogen functional groups attached to an aromatic ring is 1. The maximum atomic E-state index is 5.92. The van der Waals surface area contributed by atoms with Crippen LogP contribution in [0.5, 0.6) is 0 Å². The molecule has 2 N–H and O–H groups in total. The zero-order valence-corrected chi connectivity index (χ0v) is 13.5. The van der Waals surface area contributed by atoms with Crippen molar-refractivity contribution in [2.45, 2.75) is 36.8 Å². The molecule has 6 heteroatoms. The molecule has 0 radical (unpaired) electrons. The largest absolute Gasteiger partial charge is 0.398 e. The minimum absolute atomic E-state index is 0.0960. The van der Waals surface area contributed by atoms with E-state index in [9.17, 15) is 0 Å². The number of thioether (sulfide) groups is 1. The van der Waals surface area contributed by atoms with Gasteiger partial charge in [-0.05, 0) is 18.2 Å². The molecule has 1 aromatic carbocycles. The summed E-state index contributed by atoms with van der Waals surface area (Å²) in [7, 11) is 0. The van der Waals surface area contributed by atoms with Gasteiger partial charge < -0.3 is 10.3 Å². The molecular formula is C13H16BrN3OS. The fourth-order valence-electron chi connectivity index (χ4n) is 1.39. The molecule has 0 saturated heterocycles. The summed E-state index contributed by atoms with van der Waals surface area (Å²) >= 11 is 5.02. The summed E-state index contributed by atoms with van der Waals surface area (Å²) in [4.78, 5) is 5.40. The van der Waals surface area contributed by atoms with Crippen molar-refractivity contribution < 1.29 is 4.52 Å². The van der Waals surface area contributed by atoms with Gasteiger partial charge in [0.2, 0.25) is 5.89 Å². The molecule has 0 fully saturated rings. The number of halogens is 1. The van der Waals surface area contributed by atoms with Crippen molar-refractivity contribution in [2.24, 2.45) is 0 Å². The highest BCUT2D eigenvalue weighted by molar-refractivity contribution is 9.10. The van der Waals surface area contributed by atoms with Gasteiger partial charge in [-0.1, -0.05) is 41.9 Å². The predicted molar refractivity (Wildman–Crippen MR) is 81.1 cm³/mol. The third kappa shape index (κ3) is 3.73. The van der Waals surface area contributed by atoms with Gasteiger partial charge in [0.1, 0.15) is 0 Å². The number of hydrogen-bond donors (Lipinski definition) is 1. The number of rotatable bonds is 3. The molecule has 0 saturated carbocycles. The van der Waals surface area contributed by atoms with Crippen molar-refractivity contribution in [2.75, 3.05) is 5.73 Å². The van der Waals surface area contributed by atoms with E-state index in [4.69, 9.17) is 10.3 Å². The fourth-order valence-corrected chi connectivity index (χ4v) is 2.74. The first-order chi connectivity index (χ1) is 8.86. The summed E-state index contributed by atoms with van der Waals surface area (Å²) in [6, 6.07) is 5.78. The number of nitrogens with zero attached hydrogens (tertiary/aromatic N) is 2. The first-order valence-electron chi connectivity index (χ1n) is 5.87. The minimum Gasteiger partial charge on any atom is -0.398 e. The molecule has 0 bridgehead atoms. The van der Waals surface area contributed by atoms with Crippen LogP contribution in [-0.2, 0) is 11.2 Å². The highest BCUT2D eigenvalue weighted by Crippen LogP contribution is 2.30. The quantitative estimate of drug-likeness (QED) is 0.675. The van der Waals surface area contributed by atoms with E-state index in [2.05, 4.69) is 46.8 Å². The molecule has 0 atom stereocenters. The van der Waals surface area contributed by atoms with Gasteiger partial charge >= 0.3 is 0 Å². The standard InChI is InChI=1S/C13H16BrN3OS/c1-13(2,3)12-16-11(18-17-12)7-19-10-6-8(14)4-5-9(10)15/h4-6H,7,15H2,1-3H3. The SMILES string of the molecule is CC(C)(C)c1noc(CSc2cc(Br)ccc2N)n1. The van der Waals surface area contributed by atoms with Crippen molar-refractivity contribution in [3.8, 4) is 0 Å². The van der Waals surface area contributed by atoms with Crippen molar-refractivity contribution in [3.05, 3.63) is 34.4 Å². The number of nitrogens with two attached hydrogens (primary N) is 1. The zero-order chi connectivity index (χ0) is 14.0. The molecule has 1 heterocycles. The molecular weight excluding hydrogens is 326 g/mol. The van der Waals surface area contributed by atoms with Crippen LogP contribution in [0.25, 0.3) is 0 Å². The van der Waals surface area contributed by atoms with E-state index in [0.29, 0.717) is 11.6 Å². The van der Waals surface area contributed by atoms with Crippen LogP contribution in [0.15, 0.2) is 32.1 Å². The van der Waals surface area contributed by atoms with E-state index >= 15 is 0 Å². The maximum Gasteiger partial charge on any atom is 0.237 e. The summed E-state index contributed by atoms with van der Waals surface area (Å²) in [5.74, 6) is 1.96. The second-order valence-corrected chi connectivity index (χ2v) is 7.17. The van der Waals surface area contributed by atoms with Crippen molar-refractivity contribution in [1.82, 2.24) is 10.1 Å². The molecule has 4 nitrogen and oxygen atoms in total. The smallest absolute Gasteiger partial charge is 0.237 e. The third-order valence-electron chi connectivity index (χ3n) is 2.47. The molecule has 2 aromatic rings. The van der Waals surface area contributed by atoms with Crippen LogP contribution in [0.1, 0.15) is 32.5 Å². The third-order valence-corrected chi connectivity index (χ3v) is 4.01. The van der Waals surface area contributed by atoms with Gasteiger partial charge in [0, 0.05) is 20.5 Å². The lowest BCUT2D eigenvalue weighted by atomic mass is 9.96. The zero-order valence-electron chi connectivity index (χ0n) is 11.1. The molecule has 2 rings (SSSR count). The Bertz CT molecular complexity index is 578. The highest BCUT2D eigenvalue weighted by Gasteiger charge is 2.20. The van der Waals surface area contributed by atoms with Crippen LogP contribution in [0, 0.1) is 0 Å². The topological polar surface area (TPSA) is 64.9 Å². The molecule has 0 spiro atoms. The number of hydrogen-bond acceptors (Lipinski definition) is 5. The van der Waals surface area contributed by atoms with Crippen LogP contribution in [-0.4, -0.2) is 10.1 Å². The average molecular weight is 342 g/mol. The second kappa shape index (κ2) is 5.54. The lowest BCUT2D eigenvalue weighted by Gasteiger charge is -2.10. The molecule has 0 aliphatic rings. The Labute approximate surface area is 125 Å². The lowest BCUT2D eigenvalue weighted by molar-refractivity contribution is 0.373. The van der Waals surface area contributed by atoms with Crippen molar-refractivity contribution >= 4 is 33.4 Å². The Hall–Kier alpha value is -1.01. The van der Waals surface area contributed by atoms with E-state index in [-0.39, 0.29) is 5.41 Å². The first-order valence-corrected chi connectivity index (χ1v) is 7.65. The first kappa shape index (κ1) is 14.4. The van der Waals surface area contributed by atoms with E-state index in [1.807, 2.05) is 18.2 Å². The number of aromatic nitrogens is 2. The highest BCUT2D eigenvalue weighted by atomic mass is 79.9. The number of anilines is 1. The number of benzene rings is 1. The Morgan fingerprint density at radius 2 is 2.11 bits per heavy atom. The van der Waals surface area contributed by atoms with Gasteiger partial charge in [-0.25, -0.2) is 0 Å². The Morgan fingerprint density at radius 1 is 1.37 bits per heavy atom. The lowest BCUT2D eigenvalue weighted by Crippen LogP contribution is -2.13. The Morgan fingerprint density at radius 3 is 2.74 bits per heavy atom. The molecule has 0 aliphatic carbocycles. The van der Waals surface area contributed by atoms with E-state index in [1.54, 1.807) is 11.8 Å². The van der Waals surface area contributed by atoms with Gasteiger partial charge in [0.15, 0.2) is 5.82 Å². The van der Waals surface area contributed by atoms with E-state index < -0.39 is 0 Å². The van der Waals surface area contributed by atoms with Gasteiger partial charge in [-0.3, -0.25) is 0 Å². The molecule has 1 aromatic heterocycles. The molecule has 0 amide bonds. The van der Waals surface area contributed by atoms with Crippen molar-refractivity contribution in [1.29, 1.82) is 0 Å². The molecule has 102 valence electrons. The Kier molecular flexibility index (Phi) is 4.20. The molecule has 0 aliphatic heterocycles. The van der Waals surface area contributed by atoms with Crippen LogP contribution < -0.4 is 5.73 Å². The van der Waals surface area contributed by atoms with Gasteiger partial charge in [-0.15, -0.1) is 11.8 Å². The van der Waals surface area contributed by atoms with Gasteiger partial charge in [0.05, 0.1) is 5.75 Å². The van der Waals surface area contributed by atoms with Crippen molar-refractivity contribution in [3.63, 3.8) is 0 Å². The fraction of sp³-hybridized carbons (Fsp3) is 0.385. The van der Waals surface area contributed by atoms with Crippen LogP contribution >= 0.6 is 27.7 Å². The van der Waals surface area contributed by atoms with Crippen LogP contribution in [0.4, 0.5) is 5.69 Å².